The summed E-state index contributed by atoms with van der Waals surface area (Å²) in [5.41, 5.74) is 13.1. The molecule has 1 rings (SSSR count). The van der Waals surface area contributed by atoms with Gasteiger partial charge < -0.3 is 11.1 Å². The van der Waals surface area contributed by atoms with Crippen LogP contribution in [0.3, 0.4) is 0 Å². The van der Waals surface area contributed by atoms with Crippen molar-refractivity contribution < 1.29 is 4.79 Å². The first-order valence-corrected chi connectivity index (χ1v) is 6.52. The van der Waals surface area contributed by atoms with Gasteiger partial charge in [-0.25, -0.2) is 0 Å². The number of nitrogens with zero attached hydrogens (tertiary/aromatic N) is 3. The van der Waals surface area contributed by atoms with Gasteiger partial charge >= 0.3 is 0 Å². The van der Waals surface area contributed by atoms with Crippen molar-refractivity contribution in [1.82, 2.24) is 5.32 Å². The van der Waals surface area contributed by atoms with E-state index in [-0.39, 0.29) is 11.3 Å². The fourth-order valence-electron chi connectivity index (χ4n) is 2.88. The average Bonchev–Trinajstić information content (AvgIpc) is 2.30. The molecule has 0 saturated heterocycles. The molecular weight excluding hydrogens is 230 g/mol. The number of carbonyl (C=O) groups is 1. The molecule has 1 fully saturated rings. The molecule has 6 heteroatoms. The van der Waals surface area contributed by atoms with Gasteiger partial charge in [0.05, 0.1) is 0 Å². The third-order valence-corrected chi connectivity index (χ3v) is 4.10. The molecule has 1 atom stereocenters. The van der Waals surface area contributed by atoms with Gasteiger partial charge in [-0.3, -0.25) is 4.79 Å². The highest BCUT2D eigenvalue weighted by Crippen LogP contribution is 2.43. The van der Waals surface area contributed by atoms with Crippen LogP contribution in [0.2, 0.25) is 0 Å². The van der Waals surface area contributed by atoms with Crippen LogP contribution in [-0.2, 0) is 4.79 Å². The number of hydrogen-bond acceptors (Lipinski definition) is 3. The van der Waals surface area contributed by atoms with Gasteiger partial charge in [0.25, 0.3) is 0 Å². The lowest BCUT2D eigenvalue weighted by Crippen LogP contribution is -2.65. The summed E-state index contributed by atoms with van der Waals surface area (Å²) in [4.78, 5) is 14.6. The summed E-state index contributed by atoms with van der Waals surface area (Å²) in [6.45, 7) is 5.28. The summed E-state index contributed by atoms with van der Waals surface area (Å²) in [7, 11) is 0. The van der Waals surface area contributed by atoms with E-state index in [1.165, 1.54) is 0 Å². The third-order valence-electron chi connectivity index (χ3n) is 4.10. The molecule has 0 bridgehead atoms. The minimum Gasteiger partial charge on any atom is -0.368 e. The van der Waals surface area contributed by atoms with E-state index in [0.717, 1.165) is 32.1 Å². The highest BCUT2D eigenvalue weighted by molar-refractivity contribution is 5.85. The van der Waals surface area contributed by atoms with Gasteiger partial charge in [0.15, 0.2) is 0 Å². The number of hydrogen-bond donors (Lipinski definition) is 2. The van der Waals surface area contributed by atoms with Crippen molar-refractivity contribution in [2.24, 2.45) is 16.3 Å². The first-order chi connectivity index (χ1) is 8.46. The zero-order chi connectivity index (χ0) is 13.6. The highest BCUT2D eigenvalue weighted by Gasteiger charge is 2.50. The van der Waals surface area contributed by atoms with Crippen molar-refractivity contribution in [2.75, 3.05) is 13.1 Å². The molecular formula is C12H23N5O. The predicted octanol–water partition coefficient (Wildman–Crippen LogP) is 2.10. The molecule has 0 aromatic rings. The Morgan fingerprint density at radius 1 is 1.44 bits per heavy atom. The van der Waals surface area contributed by atoms with Crippen molar-refractivity contribution >= 4 is 5.91 Å². The van der Waals surface area contributed by atoms with E-state index in [1.54, 1.807) is 0 Å². The van der Waals surface area contributed by atoms with E-state index in [0.29, 0.717) is 13.1 Å². The Hall–Kier alpha value is -1.26. The fourth-order valence-corrected chi connectivity index (χ4v) is 2.88. The molecule has 0 radical (unpaired) electrons. The summed E-state index contributed by atoms with van der Waals surface area (Å²) in [5, 5.41) is 6.81. The van der Waals surface area contributed by atoms with Gasteiger partial charge in [0.2, 0.25) is 5.91 Å². The third kappa shape index (κ3) is 2.94. The summed E-state index contributed by atoms with van der Waals surface area (Å²) >= 11 is 0. The second-order valence-corrected chi connectivity index (χ2v) is 5.60. The Morgan fingerprint density at radius 3 is 2.67 bits per heavy atom. The second kappa shape index (κ2) is 6.07. The molecule has 1 aliphatic carbocycles. The number of nitrogens with one attached hydrogen (secondary N) is 1. The quantitative estimate of drug-likeness (QED) is 0.327. The molecule has 0 aromatic carbocycles. The van der Waals surface area contributed by atoms with Gasteiger partial charge in [0.1, 0.15) is 5.54 Å². The van der Waals surface area contributed by atoms with Gasteiger partial charge in [0, 0.05) is 11.5 Å². The van der Waals surface area contributed by atoms with E-state index in [9.17, 15) is 4.79 Å². The lowest BCUT2D eigenvalue weighted by Gasteiger charge is -2.48. The largest absolute Gasteiger partial charge is 0.368 e. The lowest BCUT2D eigenvalue weighted by atomic mass is 9.62. The Kier molecular flexibility index (Phi) is 4.99. The molecule has 3 N–H and O–H groups in total. The van der Waals surface area contributed by atoms with Crippen molar-refractivity contribution in [3.8, 4) is 0 Å². The lowest BCUT2D eigenvalue weighted by molar-refractivity contribution is -0.131. The fraction of sp³-hybridized carbons (Fsp3) is 0.917. The first-order valence-electron chi connectivity index (χ1n) is 6.52. The SMILES string of the molecule is CC1(C)CCCCC1(NCCCN=[N+]=[N-])C(N)=O. The Labute approximate surface area is 108 Å². The Balaban J connectivity index is 2.68. The molecule has 1 aliphatic rings. The smallest absolute Gasteiger partial charge is 0.238 e. The van der Waals surface area contributed by atoms with Crippen molar-refractivity contribution in [3.63, 3.8) is 0 Å². The van der Waals surface area contributed by atoms with Crippen molar-refractivity contribution in [1.29, 1.82) is 0 Å². The molecule has 102 valence electrons. The van der Waals surface area contributed by atoms with Crippen LogP contribution in [0.1, 0.15) is 46.0 Å². The number of rotatable bonds is 6. The zero-order valence-electron chi connectivity index (χ0n) is 11.3. The van der Waals surface area contributed by atoms with Crippen LogP contribution in [-0.4, -0.2) is 24.5 Å². The number of carbonyl (C=O) groups excluding carboxylic acids is 1. The molecule has 18 heavy (non-hydrogen) atoms. The first kappa shape index (κ1) is 14.8. The van der Waals surface area contributed by atoms with Gasteiger partial charge in [-0.2, -0.15) is 0 Å². The van der Waals surface area contributed by atoms with Crippen molar-refractivity contribution in [3.05, 3.63) is 10.4 Å². The van der Waals surface area contributed by atoms with Crippen LogP contribution in [0.4, 0.5) is 0 Å². The van der Waals surface area contributed by atoms with Gasteiger partial charge in [-0.05, 0) is 36.8 Å². The summed E-state index contributed by atoms with van der Waals surface area (Å²) in [6, 6.07) is 0. The second-order valence-electron chi connectivity index (χ2n) is 5.60. The molecule has 0 aliphatic heterocycles. The minimum atomic E-state index is -0.623. The Bertz CT molecular complexity index is 348. The minimum absolute atomic E-state index is 0.129. The van der Waals surface area contributed by atoms with Crippen LogP contribution >= 0.6 is 0 Å². The number of amides is 1. The zero-order valence-corrected chi connectivity index (χ0v) is 11.3. The maximum Gasteiger partial charge on any atom is 0.238 e. The number of azide groups is 1. The predicted molar refractivity (Wildman–Crippen MR) is 70.8 cm³/mol. The number of primary amides is 1. The van der Waals surface area contributed by atoms with Gasteiger partial charge in [-0.15, -0.1) is 0 Å². The van der Waals surface area contributed by atoms with E-state index in [1.807, 2.05) is 0 Å². The molecule has 1 unspecified atom stereocenters. The molecule has 0 spiro atoms. The Morgan fingerprint density at radius 2 is 2.11 bits per heavy atom. The van der Waals surface area contributed by atoms with E-state index >= 15 is 0 Å². The standard InChI is InChI=1S/C12H23N5O/c1-11(2)6-3-4-7-12(11,10(13)18)15-8-5-9-16-17-14/h15H,3-9H2,1-2H3,(H2,13,18). The van der Waals surface area contributed by atoms with Crippen molar-refractivity contribution in [2.45, 2.75) is 51.5 Å². The van der Waals surface area contributed by atoms with Crippen LogP contribution in [0.5, 0.6) is 0 Å². The topological polar surface area (TPSA) is 104 Å². The highest BCUT2D eigenvalue weighted by atomic mass is 16.1. The molecule has 0 heterocycles. The van der Waals surface area contributed by atoms with Crippen LogP contribution in [0.25, 0.3) is 10.4 Å². The summed E-state index contributed by atoms with van der Waals surface area (Å²) in [6.07, 6.45) is 4.67. The molecule has 6 nitrogen and oxygen atoms in total. The monoisotopic (exact) mass is 253 g/mol. The van der Waals surface area contributed by atoms with Crippen LogP contribution in [0, 0.1) is 5.41 Å². The summed E-state index contributed by atoms with van der Waals surface area (Å²) < 4.78 is 0. The van der Waals surface area contributed by atoms with Crippen LogP contribution < -0.4 is 11.1 Å². The van der Waals surface area contributed by atoms with E-state index in [4.69, 9.17) is 11.3 Å². The molecule has 1 amide bonds. The molecule has 0 aromatic heterocycles. The van der Waals surface area contributed by atoms with Gasteiger partial charge in [-0.1, -0.05) is 31.8 Å². The maximum absolute atomic E-state index is 11.9. The normalized spacial score (nSPS) is 26.3. The summed E-state index contributed by atoms with van der Waals surface area (Å²) in [5.74, 6) is -0.268. The average molecular weight is 253 g/mol. The molecule has 1 saturated carbocycles. The number of nitrogens with two attached hydrogens (primary N) is 1. The van der Waals surface area contributed by atoms with E-state index in [2.05, 4.69) is 29.2 Å². The maximum atomic E-state index is 11.9. The van der Waals surface area contributed by atoms with Crippen LogP contribution in [0.15, 0.2) is 5.11 Å². The van der Waals surface area contributed by atoms with E-state index < -0.39 is 5.54 Å².